The van der Waals surface area contributed by atoms with Crippen LogP contribution in [0.4, 0.5) is 0 Å². The highest BCUT2D eigenvalue weighted by molar-refractivity contribution is 7.98. The minimum atomic E-state index is -0.359. The van der Waals surface area contributed by atoms with E-state index in [4.69, 9.17) is 4.74 Å². The molecular formula is C12H16O2S. The molecule has 3 heteroatoms. The Morgan fingerprint density at radius 3 is 3.07 bits per heavy atom. The lowest BCUT2D eigenvalue weighted by atomic mass is 9.98. The minimum absolute atomic E-state index is 0.169. The number of aliphatic hydroxyl groups is 1. The summed E-state index contributed by atoms with van der Waals surface area (Å²) in [6.07, 6.45) is 3.63. The molecule has 1 N–H and O–H groups in total. The van der Waals surface area contributed by atoms with Gasteiger partial charge in [0.05, 0.1) is 6.10 Å². The van der Waals surface area contributed by atoms with Crippen LogP contribution >= 0.6 is 11.8 Å². The maximum Gasteiger partial charge on any atom is 0.125 e. The van der Waals surface area contributed by atoms with Gasteiger partial charge in [0.2, 0.25) is 0 Å². The van der Waals surface area contributed by atoms with Crippen LogP contribution in [0.15, 0.2) is 24.3 Å². The molecule has 0 spiro atoms. The van der Waals surface area contributed by atoms with Crippen molar-refractivity contribution in [2.75, 3.05) is 12.0 Å². The second kappa shape index (κ2) is 4.90. The van der Waals surface area contributed by atoms with E-state index in [0.29, 0.717) is 0 Å². The fraction of sp³-hybridized carbons (Fsp3) is 0.500. The zero-order valence-corrected chi connectivity index (χ0v) is 9.67. The van der Waals surface area contributed by atoms with Gasteiger partial charge < -0.3 is 9.84 Å². The Morgan fingerprint density at radius 2 is 2.27 bits per heavy atom. The van der Waals surface area contributed by atoms with Gasteiger partial charge in [-0.3, -0.25) is 0 Å². The molecule has 1 aromatic carbocycles. The quantitative estimate of drug-likeness (QED) is 0.856. The van der Waals surface area contributed by atoms with Crippen LogP contribution in [0.5, 0.6) is 5.75 Å². The lowest BCUT2D eigenvalue weighted by molar-refractivity contribution is 0.0648. The van der Waals surface area contributed by atoms with E-state index < -0.39 is 0 Å². The number of fused-ring (bicyclic) bond motifs is 1. The Kier molecular flexibility index (Phi) is 3.54. The molecule has 0 saturated heterocycles. The summed E-state index contributed by atoms with van der Waals surface area (Å²) >= 11 is 1.82. The third-order valence-corrected chi connectivity index (χ3v) is 3.35. The number of hydrogen-bond donors (Lipinski definition) is 1. The zero-order chi connectivity index (χ0) is 10.7. The van der Waals surface area contributed by atoms with Crippen molar-refractivity contribution >= 4 is 11.8 Å². The highest BCUT2D eigenvalue weighted by Crippen LogP contribution is 2.35. The van der Waals surface area contributed by atoms with Crippen LogP contribution < -0.4 is 4.74 Å². The van der Waals surface area contributed by atoms with Gasteiger partial charge in [0.1, 0.15) is 11.9 Å². The highest BCUT2D eigenvalue weighted by Gasteiger charge is 2.25. The molecule has 1 unspecified atom stereocenters. The third-order valence-electron chi connectivity index (χ3n) is 2.70. The van der Waals surface area contributed by atoms with Gasteiger partial charge in [-0.15, -0.1) is 0 Å². The van der Waals surface area contributed by atoms with E-state index in [2.05, 4.69) is 6.26 Å². The van der Waals surface area contributed by atoms with Crippen molar-refractivity contribution < 1.29 is 9.84 Å². The molecule has 82 valence electrons. The average molecular weight is 224 g/mol. The smallest absolute Gasteiger partial charge is 0.125 e. The number of para-hydroxylation sites is 1. The van der Waals surface area contributed by atoms with Crippen LogP contribution in [0.1, 0.15) is 24.5 Å². The number of ether oxygens (including phenoxy) is 1. The van der Waals surface area contributed by atoms with Gasteiger partial charge in [-0.2, -0.15) is 11.8 Å². The summed E-state index contributed by atoms with van der Waals surface area (Å²) in [5, 5.41) is 9.94. The maximum atomic E-state index is 9.94. The van der Waals surface area contributed by atoms with E-state index in [9.17, 15) is 5.11 Å². The highest BCUT2D eigenvalue weighted by atomic mass is 32.2. The Hall–Kier alpha value is -0.670. The summed E-state index contributed by atoms with van der Waals surface area (Å²) in [5.41, 5.74) is 0.929. The minimum Gasteiger partial charge on any atom is -0.490 e. The molecule has 2 nitrogen and oxygen atoms in total. The van der Waals surface area contributed by atoms with Gasteiger partial charge in [-0.1, -0.05) is 18.2 Å². The van der Waals surface area contributed by atoms with Crippen LogP contribution in [0.2, 0.25) is 0 Å². The predicted molar refractivity (Wildman–Crippen MR) is 63.4 cm³/mol. The van der Waals surface area contributed by atoms with E-state index in [-0.39, 0.29) is 12.2 Å². The Balaban J connectivity index is 2.08. The van der Waals surface area contributed by atoms with Crippen LogP contribution in [0.25, 0.3) is 0 Å². The monoisotopic (exact) mass is 224 g/mol. The molecular weight excluding hydrogens is 208 g/mol. The van der Waals surface area contributed by atoms with Gasteiger partial charge in [-0.25, -0.2) is 0 Å². The van der Waals surface area contributed by atoms with E-state index in [1.165, 1.54) is 0 Å². The molecule has 1 aliphatic heterocycles. The number of thioether (sulfide) groups is 1. The van der Waals surface area contributed by atoms with Gasteiger partial charge >= 0.3 is 0 Å². The molecule has 1 heterocycles. The Morgan fingerprint density at radius 1 is 1.47 bits per heavy atom. The maximum absolute atomic E-state index is 9.94. The van der Waals surface area contributed by atoms with Crippen molar-refractivity contribution in [1.82, 2.24) is 0 Å². The van der Waals surface area contributed by atoms with E-state index >= 15 is 0 Å². The first kappa shape index (κ1) is 10.8. The first-order chi connectivity index (χ1) is 7.31. The molecule has 0 fully saturated rings. The first-order valence-electron chi connectivity index (χ1n) is 5.24. The summed E-state index contributed by atoms with van der Waals surface area (Å²) in [6.45, 7) is 0. The number of rotatable bonds is 3. The van der Waals surface area contributed by atoms with Crippen molar-refractivity contribution in [3.8, 4) is 5.75 Å². The summed E-state index contributed by atoms with van der Waals surface area (Å²) in [4.78, 5) is 0. The van der Waals surface area contributed by atoms with Crippen molar-refractivity contribution in [3.05, 3.63) is 29.8 Å². The summed E-state index contributed by atoms with van der Waals surface area (Å²) in [7, 11) is 0. The predicted octanol–water partition coefficient (Wildman–Crippen LogP) is 2.62. The van der Waals surface area contributed by atoms with Crippen molar-refractivity contribution in [2.24, 2.45) is 0 Å². The lowest BCUT2D eigenvalue weighted by Gasteiger charge is -2.29. The zero-order valence-electron chi connectivity index (χ0n) is 8.85. The van der Waals surface area contributed by atoms with Gasteiger partial charge in [0.25, 0.3) is 0 Å². The van der Waals surface area contributed by atoms with E-state index in [1.807, 2.05) is 36.0 Å². The Labute approximate surface area is 94.6 Å². The first-order valence-corrected chi connectivity index (χ1v) is 6.63. The van der Waals surface area contributed by atoms with Crippen LogP contribution in [-0.2, 0) is 0 Å². The van der Waals surface area contributed by atoms with Crippen molar-refractivity contribution in [1.29, 1.82) is 0 Å². The fourth-order valence-electron chi connectivity index (χ4n) is 1.89. The molecule has 2 rings (SSSR count). The largest absolute Gasteiger partial charge is 0.490 e. The van der Waals surface area contributed by atoms with E-state index in [0.717, 1.165) is 29.9 Å². The second-order valence-corrected chi connectivity index (χ2v) is 4.80. The number of aliphatic hydroxyl groups excluding tert-OH is 1. The molecule has 1 aromatic rings. The number of benzene rings is 1. The molecule has 1 aliphatic rings. The lowest BCUT2D eigenvalue weighted by Crippen LogP contribution is -2.26. The standard InChI is InChI=1S/C12H16O2S/c1-15-7-6-9-8-11(13)10-4-2-3-5-12(10)14-9/h2-5,9,11,13H,6-8H2,1H3/t9?,11-/m1/s1. The molecule has 0 saturated carbocycles. The normalized spacial score (nSPS) is 24.4. The van der Waals surface area contributed by atoms with E-state index in [1.54, 1.807) is 0 Å². The molecule has 0 amide bonds. The molecule has 0 bridgehead atoms. The molecule has 0 aromatic heterocycles. The van der Waals surface area contributed by atoms with Crippen LogP contribution in [-0.4, -0.2) is 23.2 Å². The second-order valence-electron chi connectivity index (χ2n) is 3.81. The summed E-state index contributed by atoms with van der Waals surface area (Å²) in [6, 6.07) is 7.75. The van der Waals surface area contributed by atoms with Gasteiger partial charge in [-0.05, 0) is 24.5 Å². The number of hydrogen-bond acceptors (Lipinski definition) is 3. The van der Waals surface area contributed by atoms with Gasteiger partial charge in [0, 0.05) is 12.0 Å². The Bertz CT molecular complexity index is 327. The van der Waals surface area contributed by atoms with Crippen LogP contribution in [0, 0.1) is 0 Å². The van der Waals surface area contributed by atoms with Crippen molar-refractivity contribution in [2.45, 2.75) is 25.0 Å². The molecule has 0 aliphatic carbocycles. The molecule has 15 heavy (non-hydrogen) atoms. The van der Waals surface area contributed by atoms with Gasteiger partial charge in [0.15, 0.2) is 0 Å². The summed E-state index contributed by atoms with van der Waals surface area (Å²) in [5.74, 6) is 1.93. The molecule has 2 atom stereocenters. The summed E-state index contributed by atoms with van der Waals surface area (Å²) < 4.78 is 5.83. The van der Waals surface area contributed by atoms with Crippen molar-refractivity contribution in [3.63, 3.8) is 0 Å². The average Bonchev–Trinajstić information content (AvgIpc) is 2.26. The fourth-order valence-corrected chi connectivity index (χ4v) is 2.39. The topological polar surface area (TPSA) is 29.5 Å². The molecule has 0 radical (unpaired) electrons. The van der Waals surface area contributed by atoms with Crippen LogP contribution in [0.3, 0.4) is 0 Å². The SMILES string of the molecule is CSCCC1C[C@@H](O)c2ccccc2O1. The third kappa shape index (κ3) is 2.47.